The quantitative estimate of drug-likeness (QED) is 0.471. The first-order valence-electron chi connectivity index (χ1n) is 9.10. The fraction of sp³-hybridized carbons (Fsp3) is 0.238. The van der Waals surface area contributed by atoms with E-state index in [1.165, 1.54) is 12.1 Å². The molecule has 0 unspecified atom stereocenters. The van der Waals surface area contributed by atoms with Crippen LogP contribution in [0.3, 0.4) is 0 Å². The molecule has 3 aromatic heterocycles. The van der Waals surface area contributed by atoms with E-state index in [4.69, 9.17) is 15.7 Å². The van der Waals surface area contributed by atoms with Crippen LogP contribution >= 0.6 is 0 Å². The summed E-state index contributed by atoms with van der Waals surface area (Å²) in [6.45, 7) is 4.77. The van der Waals surface area contributed by atoms with Crippen LogP contribution in [-0.4, -0.2) is 33.2 Å². The number of nitrogens with two attached hydrogens (primary N) is 1. The van der Waals surface area contributed by atoms with Gasteiger partial charge >= 0.3 is 0 Å². The lowest BCUT2D eigenvalue weighted by Gasteiger charge is -2.11. The van der Waals surface area contributed by atoms with Crippen molar-refractivity contribution in [3.8, 4) is 17.2 Å². The number of pyridine rings is 2. The van der Waals surface area contributed by atoms with Gasteiger partial charge in [-0.2, -0.15) is 5.26 Å². The second kappa shape index (κ2) is 8.54. The van der Waals surface area contributed by atoms with Crippen LogP contribution in [0, 0.1) is 11.3 Å². The summed E-state index contributed by atoms with van der Waals surface area (Å²) in [4.78, 5) is 30.9. The van der Waals surface area contributed by atoms with E-state index in [-0.39, 0.29) is 17.2 Å². The molecule has 148 valence electrons. The monoisotopic (exact) mass is 391 g/mol. The Morgan fingerprint density at radius 1 is 1.41 bits per heavy atom. The Morgan fingerprint density at radius 2 is 2.21 bits per heavy atom. The molecule has 0 aromatic carbocycles. The SMILES string of the molecule is CC(C)OCCn1cc(-c2cnc3[nH]cc(C=C(C#N)C(N)=O)c3c2)ccc1=O. The molecule has 0 aliphatic heterocycles. The van der Waals surface area contributed by atoms with Crippen LogP contribution in [0.5, 0.6) is 0 Å². The molecule has 0 atom stereocenters. The largest absolute Gasteiger partial charge is 0.377 e. The van der Waals surface area contributed by atoms with Crippen molar-refractivity contribution in [1.82, 2.24) is 14.5 Å². The lowest BCUT2D eigenvalue weighted by atomic mass is 10.1. The summed E-state index contributed by atoms with van der Waals surface area (Å²) in [5.74, 6) is -0.790. The van der Waals surface area contributed by atoms with E-state index in [1.807, 2.05) is 19.9 Å². The zero-order valence-corrected chi connectivity index (χ0v) is 16.2. The predicted molar refractivity (Wildman–Crippen MR) is 110 cm³/mol. The third kappa shape index (κ3) is 4.59. The lowest BCUT2D eigenvalue weighted by Crippen LogP contribution is -2.22. The third-order valence-electron chi connectivity index (χ3n) is 4.35. The maximum absolute atomic E-state index is 12.1. The van der Waals surface area contributed by atoms with E-state index < -0.39 is 5.91 Å². The first-order chi connectivity index (χ1) is 13.9. The Morgan fingerprint density at radius 3 is 2.90 bits per heavy atom. The van der Waals surface area contributed by atoms with Gasteiger partial charge in [0.15, 0.2) is 0 Å². The first-order valence-corrected chi connectivity index (χ1v) is 9.10. The van der Waals surface area contributed by atoms with Crippen molar-refractivity contribution in [2.24, 2.45) is 5.73 Å². The van der Waals surface area contributed by atoms with Crippen LogP contribution < -0.4 is 11.3 Å². The summed E-state index contributed by atoms with van der Waals surface area (Å²) < 4.78 is 7.13. The molecule has 8 nitrogen and oxygen atoms in total. The highest BCUT2D eigenvalue weighted by atomic mass is 16.5. The molecular formula is C21H21N5O3. The molecule has 29 heavy (non-hydrogen) atoms. The molecule has 0 saturated heterocycles. The summed E-state index contributed by atoms with van der Waals surface area (Å²) in [5, 5.41) is 9.81. The number of nitrogens with one attached hydrogen (secondary N) is 1. The van der Waals surface area contributed by atoms with Crippen LogP contribution in [-0.2, 0) is 16.1 Å². The predicted octanol–water partition coefficient (Wildman–Crippen LogP) is 2.21. The smallest absolute Gasteiger partial charge is 0.259 e. The fourth-order valence-corrected chi connectivity index (χ4v) is 2.88. The third-order valence-corrected chi connectivity index (χ3v) is 4.35. The Balaban J connectivity index is 1.98. The maximum atomic E-state index is 12.1. The molecular weight excluding hydrogens is 370 g/mol. The molecule has 3 rings (SSSR count). The molecule has 1 amide bonds. The van der Waals surface area contributed by atoms with E-state index in [9.17, 15) is 9.59 Å². The standard InChI is InChI=1S/C21H21N5O3/c1-13(2)29-6-5-26-12-14(3-4-19(26)27)16-8-18-17(7-15(9-22)20(23)28)11-25-21(18)24-10-16/h3-4,7-8,10-13H,5-6H2,1-2H3,(H2,23,28)(H,24,25). The average molecular weight is 391 g/mol. The number of fused-ring (bicyclic) bond motifs is 1. The maximum Gasteiger partial charge on any atom is 0.259 e. The number of nitrogens with zero attached hydrogens (tertiary/aromatic N) is 3. The second-order valence-electron chi connectivity index (χ2n) is 6.77. The number of hydrogen-bond donors (Lipinski definition) is 2. The van der Waals surface area contributed by atoms with Gasteiger partial charge in [0, 0.05) is 47.7 Å². The fourth-order valence-electron chi connectivity index (χ4n) is 2.88. The molecule has 0 bridgehead atoms. The van der Waals surface area contributed by atoms with Gasteiger partial charge in [0.1, 0.15) is 17.3 Å². The number of rotatable bonds is 7. The van der Waals surface area contributed by atoms with Gasteiger partial charge in [-0.05, 0) is 37.6 Å². The topological polar surface area (TPSA) is 127 Å². The molecule has 0 saturated carbocycles. The summed E-state index contributed by atoms with van der Waals surface area (Å²) in [6.07, 6.45) is 6.64. The summed E-state index contributed by atoms with van der Waals surface area (Å²) >= 11 is 0. The number of carbonyl (C=O) groups excluding carboxylic acids is 1. The van der Waals surface area contributed by atoms with Gasteiger partial charge in [0.05, 0.1) is 12.7 Å². The second-order valence-corrected chi connectivity index (χ2v) is 6.77. The van der Waals surface area contributed by atoms with Crippen molar-refractivity contribution in [3.05, 3.63) is 58.3 Å². The average Bonchev–Trinajstić information content (AvgIpc) is 3.09. The van der Waals surface area contributed by atoms with Gasteiger partial charge in [0.2, 0.25) is 0 Å². The van der Waals surface area contributed by atoms with Crippen LogP contribution in [0.15, 0.2) is 47.2 Å². The number of nitriles is 1. The number of amides is 1. The number of aromatic nitrogens is 3. The number of primary amides is 1. The normalized spacial score (nSPS) is 11.7. The van der Waals surface area contributed by atoms with Gasteiger partial charge in [-0.25, -0.2) is 4.98 Å². The van der Waals surface area contributed by atoms with Crippen molar-refractivity contribution < 1.29 is 9.53 Å². The summed E-state index contributed by atoms with van der Waals surface area (Å²) in [7, 11) is 0. The number of ether oxygens (including phenoxy) is 1. The van der Waals surface area contributed by atoms with Crippen molar-refractivity contribution in [3.63, 3.8) is 0 Å². The van der Waals surface area contributed by atoms with E-state index in [1.54, 1.807) is 35.3 Å². The zero-order valence-electron chi connectivity index (χ0n) is 16.2. The van der Waals surface area contributed by atoms with E-state index in [2.05, 4.69) is 9.97 Å². The number of hydrogen-bond acceptors (Lipinski definition) is 5. The van der Waals surface area contributed by atoms with Crippen molar-refractivity contribution in [1.29, 1.82) is 5.26 Å². The van der Waals surface area contributed by atoms with Crippen molar-refractivity contribution >= 4 is 23.0 Å². The first kappa shape index (κ1) is 20.0. The molecule has 0 fully saturated rings. The molecule has 0 aliphatic rings. The number of aromatic amines is 1. The van der Waals surface area contributed by atoms with Crippen LogP contribution in [0.25, 0.3) is 28.2 Å². The van der Waals surface area contributed by atoms with Gasteiger partial charge in [-0.1, -0.05) is 0 Å². The molecule has 3 heterocycles. The van der Waals surface area contributed by atoms with Crippen molar-refractivity contribution in [2.75, 3.05) is 6.61 Å². The highest BCUT2D eigenvalue weighted by Gasteiger charge is 2.10. The van der Waals surface area contributed by atoms with Gasteiger partial charge in [0.25, 0.3) is 11.5 Å². The minimum Gasteiger partial charge on any atom is -0.377 e. The van der Waals surface area contributed by atoms with Crippen LogP contribution in [0.2, 0.25) is 0 Å². The number of H-pyrrole nitrogens is 1. The van der Waals surface area contributed by atoms with Gasteiger partial charge in [-0.3, -0.25) is 9.59 Å². The summed E-state index contributed by atoms with van der Waals surface area (Å²) in [5.41, 5.74) is 7.81. The Hall–Kier alpha value is -3.70. The van der Waals surface area contributed by atoms with E-state index >= 15 is 0 Å². The van der Waals surface area contributed by atoms with E-state index in [0.717, 1.165) is 16.5 Å². The van der Waals surface area contributed by atoms with E-state index in [0.29, 0.717) is 24.4 Å². The Bertz CT molecular complexity index is 1180. The Labute approximate surface area is 167 Å². The lowest BCUT2D eigenvalue weighted by molar-refractivity contribution is -0.114. The zero-order chi connectivity index (χ0) is 21.0. The minimum atomic E-state index is -0.790. The van der Waals surface area contributed by atoms with Crippen LogP contribution in [0.4, 0.5) is 0 Å². The van der Waals surface area contributed by atoms with Crippen LogP contribution in [0.1, 0.15) is 19.4 Å². The molecule has 0 aliphatic carbocycles. The molecule has 3 N–H and O–H groups in total. The molecule has 8 heteroatoms. The molecule has 0 spiro atoms. The molecule has 0 radical (unpaired) electrons. The number of carbonyl (C=O) groups is 1. The van der Waals surface area contributed by atoms with Gasteiger partial charge < -0.3 is 20.0 Å². The summed E-state index contributed by atoms with van der Waals surface area (Å²) in [6, 6.07) is 6.92. The van der Waals surface area contributed by atoms with Gasteiger partial charge in [-0.15, -0.1) is 0 Å². The Kier molecular flexibility index (Phi) is 5.90. The highest BCUT2D eigenvalue weighted by molar-refractivity contribution is 6.03. The highest BCUT2D eigenvalue weighted by Crippen LogP contribution is 2.25. The minimum absolute atomic E-state index is 0.0965. The molecule has 3 aromatic rings. The van der Waals surface area contributed by atoms with Crippen molar-refractivity contribution in [2.45, 2.75) is 26.5 Å².